The van der Waals surface area contributed by atoms with E-state index in [1.54, 1.807) is 0 Å². The third kappa shape index (κ3) is 3.02. The first kappa shape index (κ1) is 20.8. The van der Waals surface area contributed by atoms with Crippen LogP contribution in [-0.2, 0) is 9.31 Å². The highest BCUT2D eigenvalue weighted by atomic mass is 16.7. The van der Waals surface area contributed by atoms with E-state index < -0.39 is 7.12 Å². The highest BCUT2D eigenvalue weighted by Crippen LogP contribution is 2.39. The summed E-state index contributed by atoms with van der Waals surface area (Å²) < 4.78 is 25.1. The number of rotatable bonds is 2. The molecule has 1 aliphatic rings. The van der Waals surface area contributed by atoms with Crippen molar-refractivity contribution in [3.8, 4) is 11.1 Å². The monoisotopic (exact) mass is 460 g/mol. The zero-order valence-corrected chi connectivity index (χ0v) is 20.2. The van der Waals surface area contributed by atoms with Crippen molar-refractivity contribution < 1.29 is 18.1 Å². The summed E-state index contributed by atoms with van der Waals surface area (Å²) in [4.78, 5) is 0. The summed E-state index contributed by atoms with van der Waals surface area (Å²) in [5, 5.41) is 4.41. The molecule has 35 heavy (non-hydrogen) atoms. The van der Waals surface area contributed by atoms with Crippen molar-refractivity contribution in [2.24, 2.45) is 0 Å². The smallest absolute Gasteiger partial charge is 0.456 e. The predicted molar refractivity (Wildman–Crippen MR) is 142 cm³/mol. The predicted octanol–water partition coefficient (Wildman–Crippen LogP) is 7.45. The van der Waals surface area contributed by atoms with Crippen molar-refractivity contribution in [1.82, 2.24) is 0 Å². The van der Waals surface area contributed by atoms with E-state index in [4.69, 9.17) is 18.1 Å². The third-order valence-corrected chi connectivity index (χ3v) is 7.74. The van der Waals surface area contributed by atoms with E-state index >= 15 is 0 Å². The van der Waals surface area contributed by atoms with Crippen LogP contribution in [0.25, 0.3) is 55.0 Å². The van der Waals surface area contributed by atoms with Gasteiger partial charge in [-0.2, -0.15) is 0 Å². The van der Waals surface area contributed by atoms with Crippen LogP contribution in [0.15, 0.2) is 87.7 Å². The molecule has 4 aromatic carbocycles. The average molecular weight is 460 g/mol. The molecule has 2 aromatic heterocycles. The summed E-state index contributed by atoms with van der Waals surface area (Å²) in [6.45, 7) is 8.27. The SMILES string of the molecule is CC1(C)OB(c2ccc3c(c2)oc2c(-c4ccc5c(c4)oc4ccccc45)cccc23)OC1(C)C. The molecule has 0 spiro atoms. The Hall–Kier alpha value is -3.54. The minimum atomic E-state index is -0.424. The van der Waals surface area contributed by atoms with Crippen LogP contribution >= 0.6 is 0 Å². The first-order chi connectivity index (χ1) is 16.8. The van der Waals surface area contributed by atoms with Crippen LogP contribution in [0.4, 0.5) is 0 Å². The number of fused-ring (bicyclic) bond motifs is 6. The number of benzene rings is 4. The van der Waals surface area contributed by atoms with Crippen LogP contribution in [-0.4, -0.2) is 18.3 Å². The van der Waals surface area contributed by atoms with Gasteiger partial charge in [0.05, 0.1) is 11.2 Å². The van der Waals surface area contributed by atoms with E-state index in [0.29, 0.717) is 0 Å². The van der Waals surface area contributed by atoms with Crippen LogP contribution in [0.1, 0.15) is 27.7 Å². The first-order valence-corrected chi connectivity index (χ1v) is 12.0. The van der Waals surface area contributed by atoms with Crippen molar-refractivity contribution in [3.63, 3.8) is 0 Å². The van der Waals surface area contributed by atoms with Gasteiger partial charge in [-0.3, -0.25) is 0 Å². The lowest BCUT2D eigenvalue weighted by Crippen LogP contribution is -2.41. The van der Waals surface area contributed by atoms with Gasteiger partial charge in [-0.25, -0.2) is 0 Å². The fourth-order valence-corrected chi connectivity index (χ4v) is 5.06. The van der Waals surface area contributed by atoms with Gasteiger partial charge in [0.15, 0.2) is 0 Å². The summed E-state index contributed by atoms with van der Waals surface area (Å²) in [6, 6.07) is 27.0. The van der Waals surface area contributed by atoms with E-state index in [2.05, 4.69) is 82.3 Å². The van der Waals surface area contributed by atoms with Gasteiger partial charge >= 0.3 is 7.12 Å². The van der Waals surface area contributed by atoms with Crippen LogP contribution < -0.4 is 5.46 Å². The standard InChI is InChI=1S/C30H25BO4/c1-29(2)30(3,4)35-31(34-29)19-13-15-23-24-10-7-9-20(28(24)33-27(23)17-19)18-12-14-22-21-8-5-6-11-25(21)32-26(22)16-18/h5-17H,1-4H3. The Morgan fingerprint density at radius 3 is 2.06 bits per heavy atom. The number of hydrogen-bond donors (Lipinski definition) is 0. The van der Waals surface area contributed by atoms with Crippen molar-refractivity contribution in [2.45, 2.75) is 38.9 Å². The van der Waals surface area contributed by atoms with Gasteiger partial charge in [-0.15, -0.1) is 0 Å². The molecular formula is C30H25BO4. The molecule has 0 unspecified atom stereocenters. The minimum absolute atomic E-state index is 0.386. The largest absolute Gasteiger partial charge is 0.494 e. The van der Waals surface area contributed by atoms with Crippen molar-refractivity contribution in [2.75, 3.05) is 0 Å². The molecule has 172 valence electrons. The van der Waals surface area contributed by atoms with Crippen molar-refractivity contribution in [3.05, 3.63) is 78.9 Å². The molecule has 0 aliphatic carbocycles. The maximum absolute atomic E-state index is 6.47. The number of hydrogen-bond acceptors (Lipinski definition) is 4. The Morgan fingerprint density at radius 1 is 0.571 bits per heavy atom. The van der Waals surface area contributed by atoms with Crippen LogP contribution in [0.2, 0.25) is 0 Å². The van der Waals surface area contributed by atoms with Gasteiger partial charge in [-0.1, -0.05) is 54.6 Å². The highest BCUT2D eigenvalue weighted by molar-refractivity contribution is 6.62. The lowest BCUT2D eigenvalue weighted by Gasteiger charge is -2.32. The third-order valence-electron chi connectivity index (χ3n) is 7.74. The first-order valence-electron chi connectivity index (χ1n) is 12.0. The maximum atomic E-state index is 6.47. The van der Waals surface area contributed by atoms with Gasteiger partial charge in [-0.05, 0) is 63.0 Å². The Kier molecular flexibility index (Phi) is 4.16. The van der Waals surface area contributed by atoms with Gasteiger partial charge < -0.3 is 18.1 Å². The molecule has 7 rings (SSSR count). The molecule has 1 saturated heterocycles. The maximum Gasteiger partial charge on any atom is 0.494 e. The Morgan fingerprint density at radius 2 is 1.23 bits per heavy atom. The van der Waals surface area contributed by atoms with Crippen LogP contribution in [0, 0.1) is 0 Å². The lowest BCUT2D eigenvalue weighted by atomic mass is 9.79. The number of furan rings is 2. The van der Waals surface area contributed by atoms with E-state index in [-0.39, 0.29) is 11.2 Å². The molecule has 0 N–H and O–H groups in total. The van der Waals surface area contributed by atoms with Gasteiger partial charge in [0.1, 0.15) is 22.3 Å². The molecule has 0 amide bonds. The second-order valence-electron chi connectivity index (χ2n) is 10.4. The molecule has 5 heteroatoms. The fraction of sp³-hybridized carbons (Fsp3) is 0.200. The fourth-order valence-electron chi connectivity index (χ4n) is 5.06. The topological polar surface area (TPSA) is 44.7 Å². The second kappa shape index (κ2) is 7.00. The zero-order valence-electron chi connectivity index (χ0n) is 20.2. The number of para-hydroxylation sites is 2. The van der Waals surface area contributed by atoms with Crippen LogP contribution in [0.3, 0.4) is 0 Å². The summed E-state index contributed by atoms with van der Waals surface area (Å²) >= 11 is 0. The van der Waals surface area contributed by atoms with Gasteiger partial charge in [0.2, 0.25) is 0 Å². The Balaban J connectivity index is 1.35. The molecule has 6 aromatic rings. The highest BCUT2D eigenvalue weighted by Gasteiger charge is 2.51. The molecule has 0 atom stereocenters. The van der Waals surface area contributed by atoms with Crippen LogP contribution in [0.5, 0.6) is 0 Å². The molecule has 0 bridgehead atoms. The molecule has 1 aliphatic heterocycles. The average Bonchev–Trinajstić information content (AvgIpc) is 3.46. The van der Waals surface area contributed by atoms with Crippen molar-refractivity contribution in [1.29, 1.82) is 0 Å². The van der Waals surface area contributed by atoms with E-state index in [9.17, 15) is 0 Å². The van der Waals surface area contributed by atoms with E-state index in [1.165, 1.54) is 0 Å². The summed E-state index contributed by atoms with van der Waals surface area (Å²) in [5.41, 5.74) is 5.75. The quantitative estimate of drug-likeness (QED) is 0.252. The normalized spacial score (nSPS) is 17.3. The molecule has 0 radical (unpaired) electrons. The Bertz CT molecular complexity index is 1760. The van der Waals surface area contributed by atoms with E-state index in [0.717, 1.165) is 60.5 Å². The molecule has 1 fully saturated rings. The summed E-state index contributed by atoms with van der Waals surface area (Å²) in [7, 11) is -0.424. The van der Waals surface area contributed by atoms with E-state index in [1.807, 2.05) is 24.3 Å². The molecule has 4 nitrogen and oxygen atoms in total. The van der Waals surface area contributed by atoms with Gasteiger partial charge in [0.25, 0.3) is 0 Å². The molecule has 0 saturated carbocycles. The summed E-state index contributed by atoms with van der Waals surface area (Å²) in [5.74, 6) is 0. The second-order valence-corrected chi connectivity index (χ2v) is 10.4. The Labute approximate surface area is 203 Å². The van der Waals surface area contributed by atoms with Crippen molar-refractivity contribution >= 4 is 56.5 Å². The lowest BCUT2D eigenvalue weighted by molar-refractivity contribution is 0.00578. The van der Waals surface area contributed by atoms with Gasteiger partial charge in [0, 0.05) is 27.1 Å². The molecule has 3 heterocycles. The summed E-state index contributed by atoms with van der Waals surface area (Å²) in [6.07, 6.45) is 0. The zero-order chi connectivity index (χ0) is 23.9. The minimum Gasteiger partial charge on any atom is -0.456 e. The molecular weight excluding hydrogens is 435 g/mol.